The maximum absolute atomic E-state index is 12.0. The number of anilines is 1. The first kappa shape index (κ1) is 17.6. The Bertz CT molecular complexity index is 994. The van der Waals surface area contributed by atoms with Crippen molar-refractivity contribution in [1.82, 2.24) is 20.0 Å². The molecule has 10 heteroatoms. The van der Waals surface area contributed by atoms with Gasteiger partial charge < -0.3 is 5.32 Å². The topological polar surface area (TPSA) is 110 Å². The van der Waals surface area contributed by atoms with Crippen LogP contribution in [0.15, 0.2) is 6.20 Å². The number of thioether (sulfide) groups is 1. The number of H-pyrrole nitrogens is 1. The smallest absolute Gasteiger partial charge is 0.235 e. The Morgan fingerprint density at radius 3 is 2.85 bits per heavy atom. The predicted octanol–water partition coefficient (Wildman–Crippen LogP) is 1.53. The molecule has 2 aromatic rings. The third-order valence-electron chi connectivity index (χ3n) is 5.20. The molecule has 0 radical (unpaired) electrons. The summed E-state index contributed by atoms with van der Waals surface area (Å²) in [7, 11) is -3.04. The van der Waals surface area contributed by atoms with Crippen molar-refractivity contribution in [2.45, 2.75) is 38.0 Å². The number of carbonyl (C=O) groups is 1. The molecule has 2 aliphatic rings. The zero-order valence-corrected chi connectivity index (χ0v) is 16.5. The van der Waals surface area contributed by atoms with Crippen LogP contribution in [-0.4, -0.2) is 51.6 Å². The van der Waals surface area contributed by atoms with Crippen molar-refractivity contribution in [1.29, 1.82) is 0 Å². The number of aromatic amines is 1. The van der Waals surface area contributed by atoms with Crippen LogP contribution in [0.1, 0.15) is 41.1 Å². The molecule has 2 aliphatic heterocycles. The molecule has 1 saturated heterocycles. The van der Waals surface area contributed by atoms with Gasteiger partial charge >= 0.3 is 0 Å². The number of amides is 1. The van der Waals surface area contributed by atoms with Gasteiger partial charge in [-0.1, -0.05) is 0 Å². The van der Waals surface area contributed by atoms with Gasteiger partial charge in [-0.15, -0.1) is 11.8 Å². The Labute approximate surface area is 156 Å². The molecule has 2 atom stereocenters. The molecule has 4 rings (SSSR count). The molecule has 2 unspecified atom stereocenters. The van der Waals surface area contributed by atoms with Crippen LogP contribution in [-0.2, 0) is 20.2 Å². The average Bonchev–Trinajstić information content (AvgIpc) is 3.17. The Hall–Kier alpha value is -1.81. The summed E-state index contributed by atoms with van der Waals surface area (Å²) in [5.41, 5.74) is 3.21. The molecule has 0 bridgehead atoms. The number of hydrogen-bond donors (Lipinski definition) is 2. The van der Waals surface area contributed by atoms with Gasteiger partial charge in [-0.05, 0) is 27.2 Å². The minimum absolute atomic E-state index is 0.0699. The highest BCUT2D eigenvalue weighted by Gasteiger charge is 2.42. The van der Waals surface area contributed by atoms with E-state index in [4.69, 9.17) is 5.10 Å². The zero-order chi connectivity index (χ0) is 18.7. The maximum atomic E-state index is 12.0. The molecule has 2 N–H and O–H groups in total. The molecular formula is C16H21N5O3S2. The minimum atomic E-state index is -3.04. The fourth-order valence-electron chi connectivity index (χ4n) is 3.98. The molecule has 8 nitrogen and oxygen atoms in total. The highest BCUT2D eigenvalue weighted by atomic mass is 32.2. The van der Waals surface area contributed by atoms with Crippen molar-refractivity contribution in [3.8, 4) is 0 Å². The summed E-state index contributed by atoms with van der Waals surface area (Å²) in [4.78, 5) is 12.0. The summed E-state index contributed by atoms with van der Waals surface area (Å²) < 4.78 is 25.9. The molecular weight excluding hydrogens is 374 g/mol. The maximum Gasteiger partial charge on any atom is 0.235 e. The van der Waals surface area contributed by atoms with Crippen molar-refractivity contribution >= 4 is 33.3 Å². The van der Waals surface area contributed by atoms with E-state index in [1.54, 1.807) is 6.20 Å². The highest BCUT2D eigenvalue weighted by molar-refractivity contribution is 8.00. The second-order valence-corrected chi connectivity index (χ2v) is 10.6. The van der Waals surface area contributed by atoms with Crippen molar-refractivity contribution in [2.24, 2.45) is 0 Å². The standard InChI is InChI=1S/C16H21N5O3S2/c1-9-13(14-11-6-17-19-15(11)18-12(22)7-25-14)10(2)21(20-9)16(3)4-5-26(23,24)8-16/h6,14H,4-5,7-8H2,1-3H3,(H2,17,18,19,22). The molecule has 1 fully saturated rings. The lowest BCUT2D eigenvalue weighted by Crippen LogP contribution is -2.33. The van der Waals surface area contributed by atoms with Gasteiger partial charge in [0.05, 0.1) is 39.9 Å². The van der Waals surface area contributed by atoms with E-state index in [0.29, 0.717) is 18.0 Å². The number of fused-ring (bicyclic) bond motifs is 1. The van der Waals surface area contributed by atoms with E-state index >= 15 is 0 Å². The van der Waals surface area contributed by atoms with Gasteiger partial charge in [0.1, 0.15) is 5.82 Å². The summed E-state index contributed by atoms with van der Waals surface area (Å²) in [6.45, 7) is 5.87. The van der Waals surface area contributed by atoms with E-state index in [1.165, 1.54) is 11.8 Å². The highest BCUT2D eigenvalue weighted by Crippen LogP contribution is 2.44. The third kappa shape index (κ3) is 2.75. The lowest BCUT2D eigenvalue weighted by molar-refractivity contribution is -0.113. The van der Waals surface area contributed by atoms with E-state index < -0.39 is 15.4 Å². The van der Waals surface area contributed by atoms with Crippen molar-refractivity contribution in [3.63, 3.8) is 0 Å². The first-order valence-electron chi connectivity index (χ1n) is 8.42. The zero-order valence-electron chi connectivity index (χ0n) is 14.9. The molecule has 0 saturated carbocycles. The van der Waals surface area contributed by atoms with Crippen molar-refractivity contribution in [2.75, 3.05) is 22.6 Å². The van der Waals surface area contributed by atoms with Crippen molar-refractivity contribution in [3.05, 3.63) is 28.7 Å². The van der Waals surface area contributed by atoms with Gasteiger partial charge in [0, 0.05) is 16.8 Å². The molecule has 140 valence electrons. The van der Waals surface area contributed by atoms with Gasteiger partial charge in [-0.2, -0.15) is 10.2 Å². The third-order valence-corrected chi connectivity index (χ3v) is 8.34. The molecule has 26 heavy (non-hydrogen) atoms. The number of hydrogen-bond acceptors (Lipinski definition) is 6. The predicted molar refractivity (Wildman–Crippen MR) is 100 cm³/mol. The summed E-state index contributed by atoms with van der Waals surface area (Å²) in [6, 6.07) is 0. The summed E-state index contributed by atoms with van der Waals surface area (Å²) in [5.74, 6) is 1.18. The Morgan fingerprint density at radius 2 is 2.15 bits per heavy atom. The first-order chi connectivity index (χ1) is 12.2. The van der Waals surface area contributed by atoms with Gasteiger partial charge in [0.15, 0.2) is 9.84 Å². The lowest BCUT2D eigenvalue weighted by atomic mass is 10.0. The Balaban J connectivity index is 1.80. The number of aromatic nitrogens is 4. The normalized spacial score (nSPS) is 27.8. The second-order valence-electron chi connectivity index (χ2n) is 7.27. The average molecular weight is 396 g/mol. The number of nitrogens with one attached hydrogen (secondary N) is 2. The quantitative estimate of drug-likeness (QED) is 0.798. The molecule has 0 aliphatic carbocycles. The molecule has 4 heterocycles. The Kier molecular flexibility index (Phi) is 3.96. The second kappa shape index (κ2) is 5.85. The number of aryl methyl sites for hydroxylation is 1. The van der Waals surface area contributed by atoms with Gasteiger partial charge in [0.25, 0.3) is 0 Å². The number of rotatable bonds is 2. The van der Waals surface area contributed by atoms with E-state index in [-0.39, 0.29) is 22.7 Å². The fraction of sp³-hybridized carbons (Fsp3) is 0.562. The first-order valence-corrected chi connectivity index (χ1v) is 11.3. The van der Waals surface area contributed by atoms with E-state index in [2.05, 4.69) is 15.5 Å². The minimum Gasteiger partial charge on any atom is -0.310 e. The monoisotopic (exact) mass is 395 g/mol. The van der Waals surface area contributed by atoms with E-state index in [1.807, 2.05) is 25.5 Å². The van der Waals surface area contributed by atoms with E-state index in [9.17, 15) is 13.2 Å². The number of carbonyl (C=O) groups excluding carboxylic acids is 1. The van der Waals surface area contributed by atoms with Gasteiger partial charge in [-0.3, -0.25) is 14.6 Å². The molecule has 2 aromatic heterocycles. The van der Waals surface area contributed by atoms with Crippen LogP contribution in [0.4, 0.5) is 5.82 Å². The Morgan fingerprint density at radius 1 is 1.38 bits per heavy atom. The van der Waals surface area contributed by atoms with E-state index in [0.717, 1.165) is 22.5 Å². The summed E-state index contributed by atoms with van der Waals surface area (Å²) in [6.07, 6.45) is 2.29. The van der Waals surface area contributed by atoms with Crippen LogP contribution < -0.4 is 5.32 Å². The fourth-order valence-corrected chi connectivity index (χ4v) is 7.34. The number of sulfone groups is 1. The van der Waals surface area contributed by atoms with Crippen LogP contribution in [0.2, 0.25) is 0 Å². The lowest BCUT2D eigenvalue weighted by Gasteiger charge is -2.25. The SMILES string of the molecule is Cc1nn(C2(C)CCS(=O)(=O)C2)c(C)c1C1SCC(=O)Nc2[nH]ncc21. The van der Waals surface area contributed by atoms with Crippen LogP contribution in [0.25, 0.3) is 0 Å². The molecule has 0 spiro atoms. The van der Waals surface area contributed by atoms with Crippen LogP contribution >= 0.6 is 11.8 Å². The van der Waals surface area contributed by atoms with Gasteiger partial charge in [-0.25, -0.2) is 8.42 Å². The van der Waals surface area contributed by atoms with Crippen LogP contribution in [0.5, 0.6) is 0 Å². The molecule has 0 aromatic carbocycles. The van der Waals surface area contributed by atoms with Crippen LogP contribution in [0, 0.1) is 13.8 Å². The summed E-state index contributed by atoms with van der Waals surface area (Å²) >= 11 is 1.53. The molecule has 1 amide bonds. The largest absolute Gasteiger partial charge is 0.310 e. The van der Waals surface area contributed by atoms with Gasteiger partial charge in [0.2, 0.25) is 5.91 Å². The van der Waals surface area contributed by atoms with Crippen LogP contribution in [0.3, 0.4) is 0 Å². The summed E-state index contributed by atoms with van der Waals surface area (Å²) in [5, 5.41) is 14.4. The number of nitrogens with zero attached hydrogens (tertiary/aromatic N) is 3. The van der Waals surface area contributed by atoms with Crippen molar-refractivity contribution < 1.29 is 13.2 Å².